The van der Waals surface area contributed by atoms with Crippen LogP contribution in [0.3, 0.4) is 0 Å². The number of phenols is 2. The average Bonchev–Trinajstić information content (AvgIpc) is 3.57. The van der Waals surface area contributed by atoms with Crippen molar-refractivity contribution in [3.63, 3.8) is 0 Å². The molecule has 5 unspecified atom stereocenters. The van der Waals surface area contributed by atoms with Gasteiger partial charge in [-0.25, -0.2) is 0 Å². The molecule has 4 aliphatic rings. The Hall–Kier alpha value is -4.12. The predicted molar refractivity (Wildman–Crippen MR) is 120 cm³/mol. The van der Waals surface area contributed by atoms with E-state index in [2.05, 4.69) is 29.0 Å². The number of aliphatic hydroxyl groups excluding tert-OH is 3. The average molecular weight is 471 g/mol. The Labute approximate surface area is 198 Å². The quantitative estimate of drug-likeness (QED) is 0.171. The van der Waals surface area contributed by atoms with E-state index in [-0.39, 0.29) is 33.5 Å². The fourth-order valence-electron chi connectivity index (χ4n) is 5.47. The molecule has 1 fully saturated rings. The zero-order valence-electron chi connectivity index (χ0n) is 17.9. The lowest BCUT2D eigenvalue weighted by Crippen LogP contribution is -2.56. The highest BCUT2D eigenvalue weighted by molar-refractivity contribution is 6.32. The normalized spacial score (nSPS) is 29.6. The van der Waals surface area contributed by atoms with Gasteiger partial charge in [0, 0.05) is 11.1 Å². The number of hydrogen-bond donors (Lipinski definition) is 6. The summed E-state index contributed by atoms with van der Waals surface area (Å²) in [6.45, 7) is -0.734. The number of anilines is 1. The lowest BCUT2D eigenvalue weighted by atomic mass is 9.69. The fourth-order valence-corrected chi connectivity index (χ4v) is 5.47. The fraction of sp³-hybridized carbons (Fsp3) is 0.231. The van der Waals surface area contributed by atoms with Crippen LogP contribution in [-0.2, 0) is 10.3 Å². The number of fused-ring (bicyclic) bond motifs is 4. The number of aliphatic hydroxyl groups is 3. The summed E-state index contributed by atoms with van der Waals surface area (Å²) in [6.07, 6.45) is -0.236. The molecule has 0 radical (unpaired) electrons. The molecule has 6 N–H and O–H groups in total. The third-order valence-electron chi connectivity index (χ3n) is 7.01. The molecule has 2 aromatic rings. The van der Waals surface area contributed by atoms with Crippen LogP contribution in [0.15, 0.2) is 36.4 Å². The molecule has 174 valence electrons. The van der Waals surface area contributed by atoms with Gasteiger partial charge in [0.2, 0.25) is 0 Å². The van der Waals surface area contributed by atoms with Gasteiger partial charge in [0.25, 0.3) is 0 Å². The Morgan fingerprint density at radius 2 is 1.77 bits per heavy atom. The lowest BCUT2D eigenvalue weighted by Gasteiger charge is -2.38. The Kier molecular flexibility index (Phi) is 4.25. The van der Waals surface area contributed by atoms with E-state index < -0.39 is 59.1 Å². The van der Waals surface area contributed by atoms with Gasteiger partial charge in [-0.2, -0.15) is 0 Å². The number of phenolic OH excluding ortho intramolecular Hbond substituents is 2. The first kappa shape index (κ1) is 21.4. The van der Waals surface area contributed by atoms with Gasteiger partial charge < -0.3 is 35.6 Å². The van der Waals surface area contributed by atoms with Crippen molar-refractivity contribution in [2.75, 3.05) is 11.9 Å². The molecule has 35 heavy (non-hydrogen) atoms. The molecular weight excluding hydrogens is 454 g/mol. The third kappa shape index (κ3) is 2.42. The van der Waals surface area contributed by atoms with Crippen LogP contribution < -0.4 is 5.32 Å². The zero-order valence-corrected chi connectivity index (χ0v) is 17.9. The molecule has 1 saturated heterocycles. The molecule has 0 spiro atoms. The van der Waals surface area contributed by atoms with Crippen LogP contribution in [0.2, 0.25) is 0 Å². The van der Waals surface area contributed by atoms with Crippen LogP contribution in [0.1, 0.15) is 37.4 Å². The molecule has 9 nitrogen and oxygen atoms in total. The molecular formula is C26H17NO8. The highest BCUT2D eigenvalue weighted by Crippen LogP contribution is 2.67. The molecule has 0 saturated carbocycles. The second-order valence-electron chi connectivity index (χ2n) is 8.65. The van der Waals surface area contributed by atoms with Crippen LogP contribution >= 0.6 is 0 Å². The summed E-state index contributed by atoms with van der Waals surface area (Å²) in [6, 6.07) is 4.20. The van der Waals surface area contributed by atoms with E-state index in [4.69, 9.17) is 4.74 Å². The van der Waals surface area contributed by atoms with Crippen molar-refractivity contribution in [1.29, 1.82) is 0 Å². The largest absolute Gasteiger partial charge is 0.507 e. The number of nitrogens with one attached hydrogen (secondary N) is 1. The Bertz CT molecular complexity index is 1520. The van der Waals surface area contributed by atoms with Crippen molar-refractivity contribution in [3.8, 4) is 35.2 Å². The molecule has 2 aliphatic carbocycles. The summed E-state index contributed by atoms with van der Waals surface area (Å²) in [7, 11) is 0. The van der Waals surface area contributed by atoms with Crippen molar-refractivity contribution >= 4 is 17.3 Å². The number of aromatic hydroxyl groups is 2. The second kappa shape index (κ2) is 6.95. The number of hydrogen-bond acceptors (Lipinski definition) is 9. The number of ether oxygens (including phenoxy) is 1. The van der Waals surface area contributed by atoms with Crippen LogP contribution in [0, 0.1) is 23.7 Å². The van der Waals surface area contributed by atoms with Gasteiger partial charge in [0.15, 0.2) is 28.9 Å². The number of carbonyl (C=O) groups is 2. The first-order chi connectivity index (χ1) is 16.8. The molecule has 0 amide bonds. The van der Waals surface area contributed by atoms with Gasteiger partial charge in [-0.15, -0.1) is 0 Å². The highest BCUT2D eigenvalue weighted by Gasteiger charge is 2.83. The number of carbonyl (C=O) groups excluding carboxylic acids is 2. The molecule has 9 heteroatoms. The maximum atomic E-state index is 13.6. The Morgan fingerprint density at radius 1 is 1.03 bits per heavy atom. The van der Waals surface area contributed by atoms with Crippen molar-refractivity contribution in [3.05, 3.63) is 64.2 Å². The maximum absolute atomic E-state index is 13.6. The van der Waals surface area contributed by atoms with Gasteiger partial charge in [-0.05, 0) is 24.3 Å². The predicted octanol–water partition coefficient (Wildman–Crippen LogP) is -0.0777. The maximum Gasteiger partial charge on any atom is 0.200 e. The minimum Gasteiger partial charge on any atom is -0.507 e. The summed E-state index contributed by atoms with van der Waals surface area (Å²) in [5.74, 6) is 8.53. The van der Waals surface area contributed by atoms with Crippen molar-refractivity contribution < 1.29 is 39.9 Å². The molecule has 5 atom stereocenters. The molecule has 2 bridgehead atoms. The molecule has 2 aliphatic heterocycles. The van der Waals surface area contributed by atoms with E-state index in [1.54, 1.807) is 0 Å². The monoisotopic (exact) mass is 471 g/mol. The van der Waals surface area contributed by atoms with E-state index >= 15 is 0 Å². The van der Waals surface area contributed by atoms with Gasteiger partial charge in [0.1, 0.15) is 23.6 Å². The lowest BCUT2D eigenvalue weighted by molar-refractivity contribution is 0.0234. The van der Waals surface area contributed by atoms with Gasteiger partial charge in [-0.1, -0.05) is 35.8 Å². The third-order valence-corrected chi connectivity index (χ3v) is 7.01. The van der Waals surface area contributed by atoms with Crippen LogP contribution in [0.4, 0.5) is 5.69 Å². The van der Waals surface area contributed by atoms with Gasteiger partial charge in [0.05, 0.1) is 29.0 Å². The standard InChI is InChI=1S/C26H17NO8/c28-11-18(32)26-16-8-3-1-2-4-9-17(31)25(26,35-26)13-10-15(30)20-21(22(13)27-16)24(34)19-12(23(20)33)6-5-7-14(19)29/h1-2,5-7,10,16-18,27-32H,11H2. The number of rotatable bonds is 2. The van der Waals surface area contributed by atoms with Crippen LogP contribution in [0.5, 0.6) is 11.5 Å². The first-order valence-corrected chi connectivity index (χ1v) is 10.7. The number of allylic oxidation sites excluding steroid dienone is 2. The summed E-state index contributed by atoms with van der Waals surface area (Å²) < 4.78 is 6.03. The molecule has 0 aromatic heterocycles. The summed E-state index contributed by atoms with van der Waals surface area (Å²) in [4.78, 5) is 26.9. The van der Waals surface area contributed by atoms with Crippen molar-refractivity contribution in [2.45, 2.75) is 29.5 Å². The minimum absolute atomic E-state index is 0.0491. The number of benzene rings is 2. The van der Waals surface area contributed by atoms with Crippen molar-refractivity contribution in [2.24, 2.45) is 0 Å². The Morgan fingerprint density at radius 3 is 2.51 bits per heavy atom. The highest BCUT2D eigenvalue weighted by atomic mass is 16.7. The van der Waals surface area contributed by atoms with E-state index in [1.807, 2.05) is 0 Å². The SMILES string of the molecule is O=C1c2cccc(O)c2C(=O)c2c3c(cc(O)c21)C12OC1(C(O)CO)C(C#CC=CC#CC2O)N3. The summed E-state index contributed by atoms with van der Waals surface area (Å²) >= 11 is 0. The number of ketones is 2. The second-order valence-corrected chi connectivity index (χ2v) is 8.65. The van der Waals surface area contributed by atoms with Crippen LogP contribution in [0.25, 0.3) is 0 Å². The van der Waals surface area contributed by atoms with Crippen LogP contribution in [-0.4, -0.2) is 67.6 Å². The van der Waals surface area contributed by atoms with E-state index in [1.165, 1.54) is 36.4 Å². The smallest absolute Gasteiger partial charge is 0.200 e. The number of epoxide rings is 1. The van der Waals surface area contributed by atoms with E-state index in [9.17, 15) is 35.1 Å². The minimum atomic E-state index is -1.79. The van der Waals surface area contributed by atoms with Crippen molar-refractivity contribution in [1.82, 2.24) is 0 Å². The topological polar surface area (TPSA) is 160 Å². The van der Waals surface area contributed by atoms with Gasteiger partial charge >= 0.3 is 0 Å². The zero-order chi connectivity index (χ0) is 24.7. The van der Waals surface area contributed by atoms with E-state index in [0.717, 1.165) is 0 Å². The Balaban J connectivity index is 1.69. The molecule has 2 aromatic carbocycles. The van der Waals surface area contributed by atoms with Gasteiger partial charge in [-0.3, -0.25) is 9.59 Å². The first-order valence-electron chi connectivity index (χ1n) is 10.7. The summed E-state index contributed by atoms with van der Waals surface area (Å²) in [5.41, 5.74) is -4.13. The van der Waals surface area contributed by atoms with E-state index in [0.29, 0.717) is 0 Å². The summed E-state index contributed by atoms with van der Waals surface area (Å²) in [5, 5.41) is 56.1. The molecule has 6 rings (SSSR count). The molecule has 2 heterocycles.